The molecule has 1 aliphatic rings. The van der Waals surface area contributed by atoms with Gasteiger partial charge in [0, 0.05) is 19.1 Å². The van der Waals surface area contributed by atoms with Crippen LogP contribution in [-0.4, -0.2) is 25.6 Å². The second-order valence-electron chi connectivity index (χ2n) is 7.07. The fourth-order valence-electron chi connectivity index (χ4n) is 2.95. The van der Waals surface area contributed by atoms with Gasteiger partial charge in [-0.1, -0.05) is 56.0 Å². The van der Waals surface area contributed by atoms with Gasteiger partial charge in [-0.25, -0.2) is 0 Å². The predicted octanol–water partition coefficient (Wildman–Crippen LogP) is 3.46. The van der Waals surface area contributed by atoms with E-state index in [4.69, 9.17) is 0 Å². The number of rotatable bonds is 3. The zero-order valence-corrected chi connectivity index (χ0v) is 13.5. The van der Waals surface area contributed by atoms with E-state index in [0.717, 1.165) is 18.5 Å². The molecule has 1 fully saturated rings. The van der Waals surface area contributed by atoms with Crippen LogP contribution >= 0.6 is 0 Å². The smallest absolute Gasteiger partial charge is 0.0775 e. The van der Waals surface area contributed by atoms with Crippen molar-refractivity contribution < 1.29 is 0 Å². The Balaban J connectivity index is 2.03. The molecule has 2 atom stereocenters. The monoisotopic (exact) mass is 261 g/mol. The summed E-state index contributed by atoms with van der Waals surface area (Å²) in [7, 11) is -1.14. The first kappa shape index (κ1) is 13.8. The van der Waals surface area contributed by atoms with E-state index in [-0.39, 0.29) is 0 Å². The molecule has 1 aromatic rings. The van der Waals surface area contributed by atoms with E-state index in [1.807, 2.05) is 0 Å². The molecule has 1 heterocycles. The fourth-order valence-corrected chi connectivity index (χ4v) is 4.12. The van der Waals surface area contributed by atoms with Crippen molar-refractivity contribution in [1.29, 1.82) is 0 Å². The molecular formula is C16H27NSi. The molecule has 0 amide bonds. The van der Waals surface area contributed by atoms with E-state index in [9.17, 15) is 0 Å². The van der Waals surface area contributed by atoms with E-state index in [0.29, 0.717) is 0 Å². The van der Waals surface area contributed by atoms with Crippen molar-refractivity contribution >= 4 is 13.3 Å². The third-order valence-electron chi connectivity index (χ3n) is 4.12. The Kier molecular flexibility index (Phi) is 3.98. The minimum atomic E-state index is -1.14. The Morgan fingerprint density at radius 3 is 2.17 bits per heavy atom. The maximum Gasteiger partial charge on any atom is 0.0775 e. The zero-order chi connectivity index (χ0) is 13.3. The van der Waals surface area contributed by atoms with Gasteiger partial charge in [0.1, 0.15) is 0 Å². The van der Waals surface area contributed by atoms with Gasteiger partial charge in [-0.3, -0.25) is 4.90 Å². The highest BCUT2D eigenvalue weighted by Gasteiger charge is 2.25. The normalized spacial score (nSPS) is 25.6. The van der Waals surface area contributed by atoms with Crippen molar-refractivity contribution in [3.05, 3.63) is 29.8 Å². The fraction of sp³-hybridized carbons (Fsp3) is 0.625. The maximum absolute atomic E-state index is 2.62. The third-order valence-corrected chi connectivity index (χ3v) is 6.18. The minimum absolute atomic E-state index is 0.747. The van der Waals surface area contributed by atoms with Crippen LogP contribution in [0.2, 0.25) is 19.6 Å². The maximum atomic E-state index is 2.62. The van der Waals surface area contributed by atoms with Gasteiger partial charge < -0.3 is 0 Å². The van der Waals surface area contributed by atoms with Gasteiger partial charge in [0.15, 0.2) is 0 Å². The van der Waals surface area contributed by atoms with Crippen molar-refractivity contribution in [2.45, 2.75) is 52.5 Å². The molecule has 18 heavy (non-hydrogen) atoms. The van der Waals surface area contributed by atoms with Crippen molar-refractivity contribution in [2.24, 2.45) is 5.92 Å². The molecule has 1 saturated heterocycles. The summed E-state index contributed by atoms with van der Waals surface area (Å²) >= 11 is 0. The summed E-state index contributed by atoms with van der Waals surface area (Å²) in [5, 5.41) is 1.56. The molecular weight excluding hydrogens is 234 g/mol. The number of hydrogen-bond acceptors (Lipinski definition) is 1. The van der Waals surface area contributed by atoms with E-state index < -0.39 is 8.07 Å². The van der Waals surface area contributed by atoms with Gasteiger partial charge in [-0.05, 0) is 24.8 Å². The molecule has 1 nitrogen and oxygen atoms in total. The zero-order valence-electron chi connectivity index (χ0n) is 12.5. The second kappa shape index (κ2) is 5.18. The van der Waals surface area contributed by atoms with Crippen LogP contribution in [-0.2, 0) is 6.54 Å². The molecule has 1 aliphatic heterocycles. The molecule has 0 saturated carbocycles. The molecule has 0 aromatic heterocycles. The highest BCUT2D eigenvalue weighted by atomic mass is 28.3. The summed E-state index contributed by atoms with van der Waals surface area (Å²) in [4.78, 5) is 2.62. The second-order valence-corrected chi connectivity index (χ2v) is 12.1. The molecule has 0 radical (unpaired) electrons. The number of likely N-dealkylation sites (tertiary alicyclic amines) is 1. The lowest BCUT2D eigenvalue weighted by Crippen LogP contribution is -2.37. The van der Waals surface area contributed by atoms with E-state index in [2.05, 4.69) is 62.7 Å². The van der Waals surface area contributed by atoms with Crippen LogP contribution in [0.4, 0.5) is 0 Å². The predicted molar refractivity (Wildman–Crippen MR) is 83.1 cm³/mol. The van der Waals surface area contributed by atoms with Gasteiger partial charge in [0.05, 0.1) is 8.07 Å². The Morgan fingerprint density at radius 1 is 1.11 bits per heavy atom. The summed E-state index contributed by atoms with van der Waals surface area (Å²) in [5.41, 5.74) is 1.47. The SMILES string of the molecule is CC1CC(C)N(Cc2ccc([Si](C)(C)C)cc2)C1. The summed E-state index contributed by atoms with van der Waals surface area (Å²) in [6, 6.07) is 10.1. The average Bonchev–Trinajstić information content (AvgIpc) is 2.57. The Hall–Kier alpha value is -0.603. The van der Waals surface area contributed by atoms with Crippen LogP contribution < -0.4 is 5.19 Å². The number of benzene rings is 1. The Morgan fingerprint density at radius 2 is 1.72 bits per heavy atom. The minimum Gasteiger partial charge on any atom is -0.296 e. The van der Waals surface area contributed by atoms with E-state index >= 15 is 0 Å². The van der Waals surface area contributed by atoms with Gasteiger partial charge in [-0.15, -0.1) is 0 Å². The third kappa shape index (κ3) is 3.24. The molecule has 0 bridgehead atoms. The van der Waals surface area contributed by atoms with E-state index in [1.54, 1.807) is 5.19 Å². The van der Waals surface area contributed by atoms with Crippen LogP contribution in [0.25, 0.3) is 0 Å². The van der Waals surface area contributed by atoms with Crippen LogP contribution in [0.15, 0.2) is 24.3 Å². The summed E-state index contributed by atoms with van der Waals surface area (Å²) < 4.78 is 0. The molecule has 2 rings (SSSR count). The molecule has 2 heteroatoms. The van der Waals surface area contributed by atoms with Crippen molar-refractivity contribution in [2.75, 3.05) is 6.54 Å². The highest BCUT2D eigenvalue weighted by molar-refractivity contribution is 6.88. The van der Waals surface area contributed by atoms with Gasteiger partial charge >= 0.3 is 0 Å². The highest BCUT2D eigenvalue weighted by Crippen LogP contribution is 2.24. The number of hydrogen-bond donors (Lipinski definition) is 0. The van der Waals surface area contributed by atoms with Gasteiger partial charge in [0.25, 0.3) is 0 Å². The van der Waals surface area contributed by atoms with Crippen LogP contribution in [0.3, 0.4) is 0 Å². The molecule has 0 N–H and O–H groups in total. The molecule has 0 spiro atoms. The summed E-state index contributed by atoms with van der Waals surface area (Å²) in [6.07, 6.45) is 1.35. The lowest BCUT2D eigenvalue weighted by molar-refractivity contribution is 0.256. The first-order chi connectivity index (χ1) is 8.36. The first-order valence-corrected chi connectivity index (χ1v) is 10.7. The Labute approximate surface area is 113 Å². The lowest BCUT2D eigenvalue weighted by Gasteiger charge is -2.22. The van der Waals surface area contributed by atoms with Crippen molar-refractivity contribution in [3.63, 3.8) is 0 Å². The quantitative estimate of drug-likeness (QED) is 0.753. The average molecular weight is 261 g/mol. The molecule has 0 aliphatic carbocycles. The van der Waals surface area contributed by atoms with Crippen molar-refractivity contribution in [1.82, 2.24) is 4.90 Å². The molecule has 2 unspecified atom stereocenters. The topological polar surface area (TPSA) is 3.24 Å². The van der Waals surface area contributed by atoms with E-state index in [1.165, 1.54) is 18.5 Å². The van der Waals surface area contributed by atoms with Gasteiger partial charge in [0.2, 0.25) is 0 Å². The first-order valence-electron chi connectivity index (χ1n) is 7.20. The van der Waals surface area contributed by atoms with Crippen molar-refractivity contribution in [3.8, 4) is 0 Å². The summed E-state index contributed by atoms with van der Waals surface area (Å²) in [6.45, 7) is 14.3. The van der Waals surface area contributed by atoms with Gasteiger partial charge in [-0.2, -0.15) is 0 Å². The Bertz CT molecular complexity index is 391. The molecule has 100 valence electrons. The standard InChI is InChI=1S/C16H27NSi/c1-13-10-14(2)17(11-13)12-15-6-8-16(9-7-15)18(3,4)5/h6-9,13-14H,10-12H2,1-5H3. The largest absolute Gasteiger partial charge is 0.296 e. The van der Waals surface area contributed by atoms with Crippen LogP contribution in [0.1, 0.15) is 25.8 Å². The van der Waals surface area contributed by atoms with Crippen LogP contribution in [0.5, 0.6) is 0 Å². The van der Waals surface area contributed by atoms with Crippen LogP contribution in [0, 0.1) is 5.92 Å². The lowest BCUT2D eigenvalue weighted by atomic mass is 10.1. The number of nitrogens with zero attached hydrogens (tertiary/aromatic N) is 1. The summed E-state index contributed by atoms with van der Waals surface area (Å²) in [5.74, 6) is 0.862. The molecule has 1 aromatic carbocycles.